The lowest BCUT2D eigenvalue weighted by molar-refractivity contribution is 0.319. The van der Waals surface area contributed by atoms with Crippen LogP contribution in [-0.4, -0.2) is 18.1 Å². The molecule has 1 unspecified atom stereocenters. The molecule has 1 aliphatic rings. The average Bonchev–Trinajstić information content (AvgIpc) is 2.70. The van der Waals surface area contributed by atoms with Crippen molar-refractivity contribution in [1.29, 1.82) is 0 Å². The number of hydrogen-bond donors (Lipinski definition) is 1. The molecule has 100 valence electrons. The van der Waals surface area contributed by atoms with Crippen molar-refractivity contribution in [1.82, 2.24) is 10.3 Å². The van der Waals surface area contributed by atoms with Crippen molar-refractivity contribution in [2.45, 2.75) is 57.4 Å². The van der Waals surface area contributed by atoms with Crippen LogP contribution < -0.4 is 5.32 Å². The number of aryl methyl sites for hydroxylation is 1. The molecule has 1 aromatic heterocycles. The van der Waals surface area contributed by atoms with Gasteiger partial charge in [-0.1, -0.05) is 31.7 Å². The number of nitrogens with zero attached hydrogens (tertiary/aromatic N) is 1. The monoisotopic (exact) mass is 246 g/mol. The van der Waals surface area contributed by atoms with Crippen molar-refractivity contribution < 1.29 is 0 Å². The Kier molecular flexibility index (Phi) is 5.66. The summed E-state index contributed by atoms with van der Waals surface area (Å²) >= 11 is 0. The van der Waals surface area contributed by atoms with Crippen LogP contribution in [0.5, 0.6) is 0 Å². The number of nitrogens with one attached hydrogen (secondary N) is 1. The zero-order valence-electron chi connectivity index (χ0n) is 11.6. The molecule has 1 heterocycles. The second-order valence-corrected chi connectivity index (χ2v) is 5.51. The van der Waals surface area contributed by atoms with Crippen molar-refractivity contribution in [2.24, 2.45) is 5.92 Å². The van der Waals surface area contributed by atoms with Crippen LogP contribution >= 0.6 is 0 Å². The predicted octanol–water partition coefficient (Wildman–Crippen LogP) is 3.57. The maximum atomic E-state index is 4.42. The summed E-state index contributed by atoms with van der Waals surface area (Å²) in [6, 6.07) is 6.89. The third-order valence-electron chi connectivity index (χ3n) is 4.28. The third-order valence-corrected chi connectivity index (χ3v) is 4.28. The van der Waals surface area contributed by atoms with E-state index in [2.05, 4.69) is 29.5 Å². The quantitative estimate of drug-likeness (QED) is 0.803. The molecule has 0 aromatic carbocycles. The predicted molar refractivity (Wildman–Crippen MR) is 76.6 cm³/mol. The smallest absolute Gasteiger partial charge is 0.0404 e. The molecule has 1 N–H and O–H groups in total. The van der Waals surface area contributed by atoms with Gasteiger partial charge in [0.15, 0.2) is 0 Å². The summed E-state index contributed by atoms with van der Waals surface area (Å²) in [7, 11) is 2.12. The van der Waals surface area contributed by atoms with Gasteiger partial charge in [0.25, 0.3) is 0 Å². The summed E-state index contributed by atoms with van der Waals surface area (Å²) in [6.07, 6.45) is 12.8. The first-order chi connectivity index (χ1) is 8.90. The van der Waals surface area contributed by atoms with Gasteiger partial charge in [-0.15, -0.1) is 0 Å². The van der Waals surface area contributed by atoms with Gasteiger partial charge in [-0.2, -0.15) is 0 Å². The number of pyridine rings is 1. The molecular formula is C16H26N2. The fourth-order valence-corrected chi connectivity index (χ4v) is 3.18. The maximum Gasteiger partial charge on any atom is 0.0404 e. The van der Waals surface area contributed by atoms with Crippen molar-refractivity contribution >= 4 is 0 Å². The molecule has 1 saturated carbocycles. The van der Waals surface area contributed by atoms with Crippen LogP contribution in [0.2, 0.25) is 0 Å². The third kappa shape index (κ3) is 4.09. The fourth-order valence-electron chi connectivity index (χ4n) is 3.18. The van der Waals surface area contributed by atoms with Crippen molar-refractivity contribution in [3.63, 3.8) is 0 Å². The van der Waals surface area contributed by atoms with E-state index in [4.69, 9.17) is 0 Å². The Labute approximate surface area is 111 Å². The lowest BCUT2D eigenvalue weighted by Crippen LogP contribution is -2.34. The molecule has 0 saturated heterocycles. The topological polar surface area (TPSA) is 24.9 Å². The van der Waals surface area contributed by atoms with E-state index in [-0.39, 0.29) is 0 Å². The van der Waals surface area contributed by atoms with Gasteiger partial charge in [-0.3, -0.25) is 4.98 Å². The molecule has 18 heavy (non-hydrogen) atoms. The van der Waals surface area contributed by atoms with Gasteiger partial charge in [0.2, 0.25) is 0 Å². The molecule has 0 amide bonds. The molecule has 1 fully saturated rings. The molecule has 1 aliphatic carbocycles. The Morgan fingerprint density at radius 1 is 1.22 bits per heavy atom. The van der Waals surface area contributed by atoms with Gasteiger partial charge in [-0.25, -0.2) is 0 Å². The fraction of sp³-hybridized carbons (Fsp3) is 0.688. The minimum absolute atomic E-state index is 0.671. The Hall–Kier alpha value is -0.890. The average molecular weight is 246 g/mol. The summed E-state index contributed by atoms with van der Waals surface area (Å²) in [5.41, 5.74) is 1.23. The van der Waals surface area contributed by atoms with E-state index in [9.17, 15) is 0 Å². The minimum atomic E-state index is 0.671. The largest absolute Gasteiger partial charge is 0.317 e. The Bertz CT molecular complexity index is 315. The van der Waals surface area contributed by atoms with Crippen LogP contribution in [0.25, 0.3) is 0 Å². The molecular weight excluding hydrogens is 220 g/mol. The SMILES string of the molecule is CNC(CCc1ccccn1)C1CCCCCC1. The Morgan fingerprint density at radius 3 is 2.61 bits per heavy atom. The first-order valence-corrected chi connectivity index (χ1v) is 7.47. The molecule has 0 aliphatic heterocycles. The number of hydrogen-bond acceptors (Lipinski definition) is 2. The van der Waals surface area contributed by atoms with E-state index in [1.165, 1.54) is 50.6 Å². The van der Waals surface area contributed by atoms with Crippen LogP contribution in [0, 0.1) is 5.92 Å². The molecule has 0 bridgehead atoms. The molecule has 0 radical (unpaired) electrons. The van der Waals surface area contributed by atoms with E-state index in [1.54, 1.807) is 0 Å². The highest BCUT2D eigenvalue weighted by atomic mass is 14.9. The van der Waals surface area contributed by atoms with Crippen LogP contribution in [-0.2, 0) is 6.42 Å². The highest BCUT2D eigenvalue weighted by molar-refractivity contribution is 5.03. The van der Waals surface area contributed by atoms with Gasteiger partial charge < -0.3 is 5.32 Å². The second-order valence-electron chi connectivity index (χ2n) is 5.51. The zero-order valence-corrected chi connectivity index (χ0v) is 11.6. The maximum absolute atomic E-state index is 4.42. The first-order valence-electron chi connectivity index (χ1n) is 7.47. The summed E-state index contributed by atoms with van der Waals surface area (Å²) in [5.74, 6) is 0.876. The van der Waals surface area contributed by atoms with Gasteiger partial charge in [0, 0.05) is 17.9 Å². The highest BCUT2D eigenvalue weighted by Crippen LogP contribution is 2.27. The van der Waals surface area contributed by atoms with Gasteiger partial charge in [0.1, 0.15) is 0 Å². The number of aromatic nitrogens is 1. The summed E-state index contributed by atoms with van der Waals surface area (Å²) < 4.78 is 0. The number of rotatable bonds is 5. The van der Waals surface area contributed by atoms with Crippen LogP contribution in [0.4, 0.5) is 0 Å². The standard InChI is InChI=1S/C16H26N2/c1-17-16(14-8-4-2-3-5-9-14)12-11-15-10-6-7-13-18-15/h6-7,10,13-14,16-17H,2-5,8-9,11-12H2,1H3. The van der Waals surface area contributed by atoms with Crippen LogP contribution in [0.1, 0.15) is 50.6 Å². The first kappa shape index (κ1) is 13.5. The Morgan fingerprint density at radius 2 is 2.00 bits per heavy atom. The van der Waals surface area contributed by atoms with Crippen LogP contribution in [0.15, 0.2) is 24.4 Å². The lowest BCUT2D eigenvalue weighted by Gasteiger charge is -2.25. The van der Waals surface area contributed by atoms with E-state index in [0.717, 1.165) is 12.3 Å². The van der Waals surface area contributed by atoms with E-state index in [1.807, 2.05) is 12.3 Å². The van der Waals surface area contributed by atoms with Gasteiger partial charge in [-0.05, 0) is 50.8 Å². The summed E-state index contributed by atoms with van der Waals surface area (Å²) in [4.78, 5) is 4.42. The van der Waals surface area contributed by atoms with E-state index < -0.39 is 0 Å². The van der Waals surface area contributed by atoms with Crippen molar-refractivity contribution in [2.75, 3.05) is 7.05 Å². The van der Waals surface area contributed by atoms with Crippen molar-refractivity contribution in [3.8, 4) is 0 Å². The second kappa shape index (κ2) is 7.52. The van der Waals surface area contributed by atoms with Gasteiger partial charge >= 0.3 is 0 Å². The highest BCUT2D eigenvalue weighted by Gasteiger charge is 2.21. The van der Waals surface area contributed by atoms with Gasteiger partial charge in [0.05, 0.1) is 0 Å². The van der Waals surface area contributed by atoms with E-state index in [0.29, 0.717) is 6.04 Å². The molecule has 1 atom stereocenters. The minimum Gasteiger partial charge on any atom is -0.317 e. The van der Waals surface area contributed by atoms with Crippen LogP contribution in [0.3, 0.4) is 0 Å². The molecule has 0 spiro atoms. The summed E-state index contributed by atoms with van der Waals surface area (Å²) in [5, 5.41) is 3.54. The summed E-state index contributed by atoms with van der Waals surface area (Å²) in [6.45, 7) is 0. The van der Waals surface area contributed by atoms with Crippen molar-refractivity contribution in [3.05, 3.63) is 30.1 Å². The molecule has 2 nitrogen and oxygen atoms in total. The lowest BCUT2D eigenvalue weighted by atomic mass is 9.88. The molecule has 1 aromatic rings. The normalized spacial score (nSPS) is 19.4. The van der Waals surface area contributed by atoms with E-state index >= 15 is 0 Å². The zero-order chi connectivity index (χ0) is 12.6. The molecule has 2 heteroatoms. The Balaban J connectivity index is 1.84. The molecule has 2 rings (SSSR count).